The quantitative estimate of drug-likeness (QED) is 0.460. The Morgan fingerprint density at radius 2 is 1.89 bits per heavy atom. The van der Waals surface area contributed by atoms with Crippen LogP contribution in [0.2, 0.25) is 5.32 Å². The summed E-state index contributed by atoms with van der Waals surface area (Å²) >= 11 is 4.77. The van der Waals surface area contributed by atoms with Crippen molar-refractivity contribution in [1.29, 1.82) is 0 Å². The Labute approximate surface area is 64.2 Å². The van der Waals surface area contributed by atoms with Crippen LogP contribution in [0.25, 0.3) is 0 Å². The average Bonchev–Trinajstić information content (AvgIpc) is 1.66. The van der Waals surface area contributed by atoms with Gasteiger partial charge >= 0.3 is 41.1 Å². The van der Waals surface area contributed by atoms with Gasteiger partial charge in [-0.15, -0.1) is 0 Å². The van der Waals surface area contributed by atoms with Crippen LogP contribution in [0.1, 0.15) is 19.8 Å². The Bertz CT molecular complexity index is 62.8. The largest absolute Gasteiger partial charge is 0.813 e. The van der Waals surface area contributed by atoms with Crippen molar-refractivity contribution in [3.63, 3.8) is 0 Å². The molecule has 0 unspecified atom stereocenters. The van der Waals surface area contributed by atoms with Gasteiger partial charge in [0.05, 0.1) is 0 Å². The summed E-state index contributed by atoms with van der Waals surface area (Å²) in [6.07, 6.45) is 2.43. The fourth-order valence-electron chi connectivity index (χ4n) is 0.107. The zero-order chi connectivity index (χ0) is 7.70. The first-order valence-corrected chi connectivity index (χ1v) is 4.42. The molecule has 0 fully saturated rings. The van der Waals surface area contributed by atoms with Crippen LogP contribution in [0.4, 0.5) is 0 Å². The van der Waals surface area contributed by atoms with Gasteiger partial charge < -0.3 is 14.4 Å². The Morgan fingerprint density at radius 1 is 1.56 bits per heavy atom. The number of hydrogen-bond donors (Lipinski definition) is 0. The van der Waals surface area contributed by atoms with Gasteiger partial charge in [-0.25, -0.2) is 0 Å². The summed E-state index contributed by atoms with van der Waals surface area (Å²) in [5.41, 5.74) is 0. The van der Waals surface area contributed by atoms with E-state index in [9.17, 15) is 0 Å². The third kappa shape index (κ3) is 54.1. The fraction of sp³-hybridized carbons (Fsp3) is 1.00. The molecular formula is C4H10CuO3P. The molecule has 0 atom stereocenters. The summed E-state index contributed by atoms with van der Waals surface area (Å²) in [5.74, 6) is 0. The molecule has 0 N–H and O–H groups in total. The van der Waals surface area contributed by atoms with Crippen molar-refractivity contribution in [2.24, 2.45) is 0 Å². The van der Waals surface area contributed by atoms with Crippen LogP contribution in [-0.4, -0.2) is 0 Å². The Balaban J connectivity index is 0. The fourth-order valence-corrected chi connectivity index (χ4v) is 0.440. The molecule has 0 rings (SSSR count). The minimum absolute atomic E-state index is 0.906. The second kappa shape index (κ2) is 11.5. The summed E-state index contributed by atoms with van der Waals surface area (Å²) in [7, 11) is -3.63. The van der Waals surface area contributed by atoms with Crippen LogP contribution in [0.3, 0.4) is 0 Å². The molecule has 0 saturated heterocycles. The predicted molar refractivity (Wildman–Crippen MR) is 28.7 cm³/mol. The van der Waals surface area contributed by atoms with Crippen LogP contribution >= 0.6 is 8.25 Å². The van der Waals surface area contributed by atoms with E-state index in [1.807, 2.05) is 0 Å². The van der Waals surface area contributed by atoms with Crippen LogP contribution in [0.5, 0.6) is 0 Å². The standard InChI is InChI=1S/C4H9.Cu.H3O3P/c1-3-4-2;;1-4(2)3/h1,3-4H2,2H3;;4H,(H2,1,2,3)/q;+2;/p-2. The van der Waals surface area contributed by atoms with Crippen molar-refractivity contribution in [3.05, 3.63) is 0 Å². The zero-order valence-corrected chi connectivity index (χ0v) is 7.09. The Kier molecular flexibility index (Phi) is 15.7. The molecule has 60 valence electrons. The molecule has 0 amide bonds. The van der Waals surface area contributed by atoms with Gasteiger partial charge in [0.15, 0.2) is 0 Å². The van der Waals surface area contributed by atoms with E-state index in [1.165, 1.54) is 12.8 Å². The van der Waals surface area contributed by atoms with E-state index in [4.69, 9.17) is 30.4 Å². The van der Waals surface area contributed by atoms with E-state index in [0.29, 0.717) is 0 Å². The second-order valence-corrected chi connectivity index (χ2v) is 2.23. The molecule has 0 heterocycles. The summed E-state index contributed by atoms with van der Waals surface area (Å²) in [5, 5.41) is 0.906. The van der Waals surface area contributed by atoms with Gasteiger partial charge in [-0.1, -0.05) is 8.25 Å². The molecule has 0 saturated carbocycles. The number of hydrogen-bond acceptors (Lipinski definition) is 3. The summed E-state index contributed by atoms with van der Waals surface area (Å²) in [6, 6.07) is 0. The SMILES string of the molecule is CCC[CH2][Cu+2].O=[PH]([O-])[O-]. The Hall–Kier alpha value is 0.669. The molecule has 0 radical (unpaired) electrons. The van der Waals surface area contributed by atoms with Crippen molar-refractivity contribution in [1.82, 2.24) is 0 Å². The van der Waals surface area contributed by atoms with Gasteiger partial charge in [0.25, 0.3) is 0 Å². The van der Waals surface area contributed by atoms with E-state index in [-0.39, 0.29) is 0 Å². The van der Waals surface area contributed by atoms with Crippen molar-refractivity contribution >= 4 is 8.25 Å². The zero-order valence-electron chi connectivity index (χ0n) is 5.15. The van der Waals surface area contributed by atoms with E-state index in [1.54, 1.807) is 0 Å². The minimum atomic E-state index is -3.63. The van der Waals surface area contributed by atoms with E-state index >= 15 is 0 Å². The second-order valence-electron chi connectivity index (χ2n) is 1.25. The van der Waals surface area contributed by atoms with E-state index < -0.39 is 8.25 Å². The first-order chi connectivity index (χ1) is 4.15. The molecule has 5 heteroatoms. The Morgan fingerprint density at radius 3 is 1.89 bits per heavy atom. The molecule has 0 bridgehead atoms. The summed E-state index contributed by atoms with van der Waals surface area (Å²) in [6.45, 7) is 2.14. The third-order valence-electron chi connectivity index (χ3n) is 0.460. The first-order valence-electron chi connectivity index (χ1n) is 2.53. The average molecular weight is 201 g/mol. The molecule has 0 aromatic heterocycles. The maximum Gasteiger partial charge on any atom is -0.0813 e. The van der Waals surface area contributed by atoms with Gasteiger partial charge in [-0.2, -0.15) is 0 Å². The smallest absolute Gasteiger partial charge is 0.0813 e. The molecule has 0 aliphatic heterocycles. The van der Waals surface area contributed by atoms with Crippen LogP contribution < -0.4 is 9.79 Å². The molecule has 0 aliphatic carbocycles. The third-order valence-corrected chi connectivity index (χ3v) is 0.793. The van der Waals surface area contributed by atoms with Gasteiger partial charge in [-0.3, -0.25) is 0 Å². The number of rotatable bonds is 2. The molecule has 0 aliphatic rings. The van der Waals surface area contributed by atoms with Gasteiger partial charge in [0.1, 0.15) is 0 Å². The minimum Gasteiger partial charge on any atom is -0.813 e. The maximum absolute atomic E-state index is 8.52. The van der Waals surface area contributed by atoms with Crippen LogP contribution in [0.15, 0.2) is 0 Å². The van der Waals surface area contributed by atoms with Crippen LogP contribution in [0, 0.1) is 0 Å². The van der Waals surface area contributed by atoms with Crippen LogP contribution in [-0.2, 0) is 20.6 Å². The maximum atomic E-state index is 8.52. The molecule has 0 aromatic rings. The normalized spacial score (nSPS) is 8.67. The molecular weight excluding hydrogens is 191 g/mol. The predicted octanol–water partition coefficient (Wildman–Crippen LogP) is -0.152. The molecule has 3 nitrogen and oxygen atoms in total. The topological polar surface area (TPSA) is 63.2 Å². The van der Waals surface area contributed by atoms with E-state index in [2.05, 4.69) is 6.92 Å². The monoisotopic (exact) mass is 200 g/mol. The van der Waals surface area contributed by atoms with Gasteiger partial charge in [0, 0.05) is 0 Å². The molecule has 0 aromatic carbocycles. The first kappa shape index (κ1) is 12.4. The van der Waals surface area contributed by atoms with Gasteiger partial charge in [0.2, 0.25) is 0 Å². The summed E-state index contributed by atoms with van der Waals surface area (Å²) < 4.78 is 8.52. The van der Waals surface area contributed by atoms with Crippen molar-refractivity contribution in [3.8, 4) is 0 Å². The van der Waals surface area contributed by atoms with Crippen molar-refractivity contribution in [2.45, 2.75) is 25.1 Å². The van der Waals surface area contributed by atoms with Crippen molar-refractivity contribution < 1.29 is 30.4 Å². The summed E-state index contributed by atoms with van der Waals surface area (Å²) in [4.78, 5) is 17.0. The van der Waals surface area contributed by atoms with Crippen molar-refractivity contribution in [2.75, 3.05) is 0 Å². The molecule has 9 heavy (non-hydrogen) atoms. The number of unbranched alkanes of at least 4 members (excludes halogenated alkanes) is 1. The molecule has 0 spiro atoms. The van der Waals surface area contributed by atoms with Gasteiger partial charge in [-0.05, 0) is 0 Å². The van der Waals surface area contributed by atoms with E-state index in [0.717, 1.165) is 5.32 Å².